The summed E-state index contributed by atoms with van der Waals surface area (Å²) in [6.07, 6.45) is 3.35. The fraction of sp³-hybridized carbons (Fsp3) is 0.346. The predicted molar refractivity (Wildman–Crippen MR) is 122 cm³/mol. The molecule has 1 N–H and O–H groups in total. The maximum absolute atomic E-state index is 13.0. The van der Waals surface area contributed by atoms with Gasteiger partial charge in [0.15, 0.2) is 0 Å². The fourth-order valence-corrected chi connectivity index (χ4v) is 4.40. The van der Waals surface area contributed by atoms with Crippen LogP contribution in [0.5, 0.6) is 0 Å². The summed E-state index contributed by atoms with van der Waals surface area (Å²) in [6.45, 7) is 12.2. The highest BCUT2D eigenvalue weighted by Crippen LogP contribution is 2.48. The SMILES string of the molecule is C=CC1=C(N(C)c2ccccc2C)C[C@](C(C)=O)(c2cccc(C)c2C)C1.CO. The number of carbonyl (C=O) groups excluding carboxylic acids is 1. The molecule has 0 bridgehead atoms. The highest BCUT2D eigenvalue weighted by atomic mass is 16.2. The minimum absolute atomic E-state index is 0.226. The number of aryl methyl sites for hydroxylation is 2. The first-order valence-electron chi connectivity index (χ1n) is 9.98. The van der Waals surface area contributed by atoms with Crippen LogP contribution in [0.2, 0.25) is 0 Å². The molecule has 0 unspecified atom stereocenters. The van der Waals surface area contributed by atoms with Gasteiger partial charge in [-0.3, -0.25) is 4.79 Å². The van der Waals surface area contributed by atoms with Crippen molar-refractivity contribution in [2.24, 2.45) is 0 Å². The summed E-state index contributed by atoms with van der Waals surface area (Å²) >= 11 is 0. The van der Waals surface area contributed by atoms with Crippen molar-refractivity contribution in [1.82, 2.24) is 0 Å². The van der Waals surface area contributed by atoms with Gasteiger partial charge in [0, 0.05) is 32.0 Å². The first-order chi connectivity index (χ1) is 13.8. The minimum atomic E-state index is -0.508. The monoisotopic (exact) mass is 391 g/mol. The maximum Gasteiger partial charge on any atom is 0.141 e. The molecule has 0 fully saturated rings. The van der Waals surface area contributed by atoms with Crippen molar-refractivity contribution in [3.63, 3.8) is 0 Å². The number of Topliss-reactive ketones (excluding diaryl/α,β-unsaturated/α-hetero) is 1. The molecule has 0 radical (unpaired) electrons. The summed E-state index contributed by atoms with van der Waals surface area (Å²) in [5.74, 6) is 0.226. The Morgan fingerprint density at radius 2 is 1.66 bits per heavy atom. The minimum Gasteiger partial charge on any atom is -0.400 e. The molecule has 3 nitrogen and oxygen atoms in total. The highest BCUT2D eigenvalue weighted by molar-refractivity contribution is 5.91. The van der Waals surface area contributed by atoms with Crippen molar-refractivity contribution < 1.29 is 9.90 Å². The van der Waals surface area contributed by atoms with E-state index in [4.69, 9.17) is 5.11 Å². The molecule has 0 aliphatic heterocycles. The van der Waals surface area contributed by atoms with Crippen LogP contribution in [0.25, 0.3) is 0 Å². The molecule has 2 aromatic rings. The Balaban J connectivity index is 0.00000145. The Bertz CT molecular complexity index is 941. The van der Waals surface area contributed by atoms with Crippen LogP contribution in [0.15, 0.2) is 66.4 Å². The smallest absolute Gasteiger partial charge is 0.141 e. The zero-order chi connectivity index (χ0) is 21.8. The fourth-order valence-electron chi connectivity index (χ4n) is 4.40. The van der Waals surface area contributed by atoms with E-state index in [2.05, 4.69) is 81.8 Å². The van der Waals surface area contributed by atoms with Crippen LogP contribution in [0.1, 0.15) is 42.0 Å². The van der Waals surface area contributed by atoms with E-state index in [0.29, 0.717) is 12.8 Å². The maximum atomic E-state index is 13.0. The summed E-state index contributed by atoms with van der Waals surface area (Å²) < 4.78 is 0. The third-order valence-electron chi connectivity index (χ3n) is 6.25. The van der Waals surface area contributed by atoms with E-state index in [9.17, 15) is 4.79 Å². The summed E-state index contributed by atoms with van der Waals surface area (Å²) in [7, 11) is 3.10. The third-order valence-corrected chi connectivity index (χ3v) is 6.25. The lowest BCUT2D eigenvalue weighted by Crippen LogP contribution is -2.34. The molecule has 0 spiro atoms. The molecule has 1 aliphatic rings. The van der Waals surface area contributed by atoms with E-state index >= 15 is 0 Å². The molecular weight excluding hydrogens is 358 g/mol. The second-order valence-electron chi connectivity index (χ2n) is 7.76. The number of aliphatic hydroxyl groups is 1. The number of hydrogen-bond donors (Lipinski definition) is 1. The Morgan fingerprint density at radius 3 is 2.24 bits per heavy atom. The number of rotatable bonds is 5. The Labute approximate surface area is 175 Å². The highest BCUT2D eigenvalue weighted by Gasteiger charge is 2.45. The molecule has 1 atom stereocenters. The van der Waals surface area contributed by atoms with Gasteiger partial charge in [-0.1, -0.05) is 49.1 Å². The lowest BCUT2D eigenvalue weighted by atomic mass is 9.72. The van der Waals surface area contributed by atoms with Crippen LogP contribution in [-0.4, -0.2) is 25.0 Å². The number of ketones is 1. The lowest BCUT2D eigenvalue weighted by Gasteiger charge is -2.31. The van der Waals surface area contributed by atoms with Crippen molar-refractivity contribution >= 4 is 11.5 Å². The van der Waals surface area contributed by atoms with E-state index in [0.717, 1.165) is 18.2 Å². The van der Waals surface area contributed by atoms with E-state index in [1.807, 2.05) is 6.08 Å². The van der Waals surface area contributed by atoms with Crippen LogP contribution >= 0.6 is 0 Å². The summed E-state index contributed by atoms with van der Waals surface area (Å²) in [5, 5.41) is 7.00. The molecule has 3 rings (SSSR count). The second-order valence-corrected chi connectivity index (χ2v) is 7.76. The molecule has 154 valence electrons. The number of para-hydroxylation sites is 1. The van der Waals surface area contributed by atoms with Gasteiger partial charge in [0.1, 0.15) is 5.78 Å². The molecule has 0 aromatic heterocycles. The van der Waals surface area contributed by atoms with Gasteiger partial charge < -0.3 is 10.0 Å². The molecule has 0 heterocycles. The number of aliphatic hydroxyl groups excluding tert-OH is 1. The standard InChI is InChI=1S/C25H29NO.CH4O/c1-7-21-15-25(20(5)27,22-13-10-12-17(2)19(22)4)16-24(21)26(6)23-14-9-8-11-18(23)3;1-2/h7-14H,1,15-16H2,2-6H3;2H,1H3/t25-;/m1./s1. The largest absolute Gasteiger partial charge is 0.400 e. The predicted octanol–water partition coefficient (Wildman–Crippen LogP) is 5.42. The molecule has 0 saturated carbocycles. The number of carbonyl (C=O) groups is 1. The van der Waals surface area contributed by atoms with Crippen LogP contribution < -0.4 is 4.90 Å². The molecule has 3 heteroatoms. The van der Waals surface area contributed by atoms with Crippen molar-refractivity contribution in [2.45, 2.75) is 46.0 Å². The average Bonchev–Trinajstić information content (AvgIpc) is 3.12. The van der Waals surface area contributed by atoms with Crippen molar-refractivity contribution in [3.8, 4) is 0 Å². The molecule has 29 heavy (non-hydrogen) atoms. The zero-order valence-electron chi connectivity index (χ0n) is 18.5. The van der Waals surface area contributed by atoms with Gasteiger partial charge in [0.2, 0.25) is 0 Å². The molecule has 0 saturated heterocycles. The van der Waals surface area contributed by atoms with Gasteiger partial charge in [-0.2, -0.15) is 0 Å². The van der Waals surface area contributed by atoms with E-state index < -0.39 is 5.41 Å². The molecular formula is C26H33NO2. The van der Waals surface area contributed by atoms with Crippen molar-refractivity contribution in [3.05, 3.63) is 88.6 Å². The van der Waals surface area contributed by atoms with Gasteiger partial charge in [-0.15, -0.1) is 0 Å². The Hall–Kier alpha value is -2.65. The van der Waals surface area contributed by atoms with Gasteiger partial charge >= 0.3 is 0 Å². The summed E-state index contributed by atoms with van der Waals surface area (Å²) in [6, 6.07) is 14.7. The molecule has 0 amide bonds. The van der Waals surface area contributed by atoms with Crippen molar-refractivity contribution in [2.75, 3.05) is 19.1 Å². The topological polar surface area (TPSA) is 40.5 Å². The average molecular weight is 392 g/mol. The first kappa shape index (κ1) is 22.6. The normalized spacial score (nSPS) is 18.2. The van der Waals surface area contributed by atoms with Crippen LogP contribution in [0.4, 0.5) is 5.69 Å². The van der Waals surface area contributed by atoms with E-state index in [-0.39, 0.29) is 5.78 Å². The van der Waals surface area contributed by atoms with E-state index in [1.165, 1.54) is 28.1 Å². The second kappa shape index (κ2) is 9.23. The number of nitrogens with zero attached hydrogens (tertiary/aromatic N) is 1. The summed E-state index contributed by atoms with van der Waals surface area (Å²) in [4.78, 5) is 15.2. The number of hydrogen-bond acceptors (Lipinski definition) is 3. The first-order valence-corrected chi connectivity index (χ1v) is 9.98. The van der Waals surface area contributed by atoms with Gasteiger partial charge in [-0.05, 0) is 68.0 Å². The number of benzene rings is 2. The molecule has 1 aliphatic carbocycles. The van der Waals surface area contributed by atoms with Crippen LogP contribution in [-0.2, 0) is 10.2 Å². The van der Waals surface area contributed by atoms with Crippen molar-refractivity contribution in [1.29, 1.82) is 0 Å². The molecule has 2 aromatic carbocycles. The number of anilines is 1. The number of allylic oxidation sites excluding steroid dienone is 3. The lowest BCUT2D eigenvalue weighted by molar-refractivity contribution is -0.122. The third kappa shape index (κ3) is 4.06. The Kier molecular flexibility index (Phi) is 7.21. The zero-order valence-corrected chi connectivity index (χ0v) is 18.5. The van der Waals surface area contributed by atoms with E-state index in [1.54, 1.807) is 6.92 Å². The quantitative estimate of drug-likeness (QED) is 0.740. The summed E-state index contributed by atoms with van der Waals surface area (Å²) in [5.41, 5.74) is 7.85. The van der Waals surface area contributed by atoms with Gasteiger partial charge in [-0.25, -0.2) is 0 Å². The Morgan fingerprint density at radius 1 is 1.03 bits per heavy atom. The van der Waals surface area contributed by atoms with Gasteiger partial charge in [0.25, 0.3) is 0 Å². The van der Waals surface area contributed by atoms with Gasteiger partial charge in [0.05, 0.1) is 5.41 Å². The van der Waals surface area contributed by atoms with Crippen LogP contribution in [0.3, 0.4) is 0 Å². The van der Waals surface area contributed by atoms with Crippen LogP contribution in [0, 0.1) is 20.8 Å².